The van der Waals surface area contributed by atoms with Gasteiger partial charge in [-0.05, 0) is 68.6 Å². The predicted molar refractivity (Wildman–Crippen MR) is 99.4 cm³/mol. The van der Waals surface area contributed by atoms with E-state index in [2.05, 4.69) is 6.92 Å². The Labute approximate surface area is 157 Å². The maximum atomic E-state index is 13.4. The highest BCUT2D eigenvalue weighted by Gasteiger charge is 2.58. The Morgan fingerprint density at radius 3 is 2.58 bits per heavy atom. The molecule has 3 rings (SSSR count). The number of Topliss-reactive ketones (excluding diaryl/α,β-unsaturated/α-hetero) is 1. The number of ether oxygens (including phenoxy) is 1. The summed E-state index contributed by atoms with van der Waals surface area (Å²) in [5.74, 6) is 1.07. The van der Waals surface area contributed by atoms with Gasteiger partial charge in [0.2, 0.25) is 0 Å². The Morgan fingerprint density at radius 2 is 1.96 bits per heavy atom. The second-order valence-electron chi connectivity index (χ2n) is 9.47. The molecule has 3 aliphatic rings. The van der Waals surface area contributed by atoms with Gasteiger partial charge in [-0.3, -0.25) is 9.59 Å². The third kappa shape index (κ3) is 3.03. The van der Waals surface area contributed by atoms with Gasteiger partial charge in [0.15, 0.2) is 0 Å². The van der Waals surface area contributed by atoms with E-state index < -0.39 is 5.41 Å². The summed E-state index contributed by atoms with van der Waals surface area (Å²) in [5.41, 5.74) is -0.310. The number of hydrogen-bond donors (Lipinski definition) is 0. The zero-order valence-electron chi connectivity index (χ0n) is 16.8. The summed E-state index contributed by atoms with van der Waals surface area (Å²) in [7, 11) is 0. The lowest BCUT2D eigenvalue weighted by molar-refractivity contribution is -0.164. The number of carbonyl (C=O) groups is 3. The van der Waals surface area contributed by atoms with Crippen molar-refractivity contribution >= 4 is 18.0 Å². The largest absolute Gasteiger partial charge is 0.463 e. The summed E-state index contributed by atoms with van der Waals surface area (Å²) < 4.78 is 5.49. The van der Waals surface area contributed by atoms with Crippen LogP contribution in [0.15, 0.2) is 0 Å². The molecule has 0 amide bonds. The van der Waals surface area contributed by atoms with E-state index in [1.807, 2.05) is 13.8 Å². The highest BCUT2D eigenvalue weighted by Crippen LogP contribution is 2.61. The number of fused-ring (bicyclic) bond motifs is 3. The van der Waals surface area contributed by atoms with E-state index in [1.165, 1.54) is 6.92 Å². The third-order valence-electron chi connectivity index (χ3n) is 8.27. The van der Waals surface area contributed by atoms with Crippen molar-refractivity contribution in [2.75, 3.05) is 0 Å². The van der Waals surface area contributed by atoms with Gasteiger partial charge < -0.3 is 9.53 Å². The molecular weight excluding hydrogens is 328 g/mol. The van der Waals surface area contributed by atoms with Crippen molar-refractivity contribution in [3.63, 3.8) is 0 Å². The van der Waals surface area contributed by atoms with Crippen LogP contribution in [0.3, 0.4) is 0 Å². The first-order chi connectivity index (χ1) is 12.3. The van der Waals surface area contributed by atoms with Gasteiger partial charge in [0, 0.05) is 24.2 Å². The molecule has 4 nitrogen and oxygen atoms in total. The summed E-state index contributed by atoms with van der Waals surface area (Å²) in [5, 5.41) is 0. The van der Waals surface area contributed by atoms with Crippen molar-refractivity contribution in [1.82, 2.24) is 0 Å². The predicted octanol–water partition coefficient (Wildman–Crippen LogP) is 4.35. The Bertz CT molecular complexity index is 585. The topological polar surface area (TPSA) is 60.4 Å². The van der Waals surface area contributed by atoms with Gasteiger partial charge in [0.05, 0.1) is 0 Å². The molecule has 0 aliphatic heterocycles. The van der Waals surface area contributed by atoms with E-state index in [9.17, 15) is 14.4 Å². The van der Waals surface area contributed by atoms with Crippen LogP contribution in [-0.2, 0) is 19.1 Å². The van der Waals surface area contributed by atoms with Gasteiger partial charge in [0.25, 0.3) is 0 Å². The Hall–Kier alpha value is -1.19. The summed E-state index contributed by atoms with van der Waals surface area (Å²) >= 11 is 0. The van der Waals surface area contributed by atoms with E-state index in [4.69, 9.17) is 4.74 Å². The second kappa shape index (κ2) is 7.09. The van der Waals surface area contributed by atoms with Gasteiger partial charge in [-0.1, -0.05) is 20.8 Å². The molecule has 0 aromatic carbocycles. The molecule has 0 heterocycles. The van der Waals surface area contributed by atoms with Crippen molar-refractivity contribution in [2.24, 2.45) is 34.5 Å². The van der Waals surface area contributed by atoms with E-state index >= 15 is 0 Å². The molecule has 0 radical (unpaired) electrons. The van der Waals surface area contributed by atoms with Crippen molar-refractivity contribution in [2.45, 2.75) is 85.2 Å². The van der Waals surface area contributed by atoms with Crippen LogP contribution in [0, 0.1) is 34.5 Å². The SMILES string of the molecule is CC[C@@H](C=O)[C@@]1(C)CC[C@H]2[C@@H](CC[C@@H]3C[C@@H](OC(C)=O)CC[C@@]32C)C1=O. The molecule has 3 saturated carbocycles. The molecule has 0 spiro atoms. The molecule has 0 bridgehead atoms. The minimum atomic E-state index is -0.476. The molecule has 0 saturated heterocycles. The van der Waals surface area contributed by atoms with Crippen LogP contribution in [0.1, 0.15) is 79.1 Å². The Kier molecular flexibility index (Phi) is 5.33. The van der Waals surface area contributed by atoms with Crippen LogP contribution >= 0.6 is 0 Å². The normalized spacial score (nSPS) is 43.8. The van der Waals surface area contributed by atoms with Crippen LogP contribution in [0.25, 0.3) is 0 Å². The number of aldehydes is 1. The number of hydrogen-bond acceptors (Lipinski definition) is 4. The number of rotatable bonds is 4. The quantitative estimate of drug-likeness (QED) is 0.551. The van der Waals surface area contributed by atoms with Gasteiger partial charge in [-0.2, -0.15) is 0 Å². The van der Waals surface area contributed by atoms with Gasteiger partial charge >= 0.3 is 5.97 Å². The van der Waals surface area contributed by atoms with Gasteiger partial charge in [-0.25, -0.2) is 0 Å². The monoisotopic (exact) mass is 362 g/mol. The highest BCUT2D eigenvalue weighted by molar-refractivity contribution is 5.90. The van der Waals surface area contributed by atoms with Crippen LogP contribution in [0.2, 0.25) is 0 Å². The van der Waals surface area contributed by atoms with Gasteiger partial charge in [0.1, 0.15) is 18.2 Å². The third-order valence-corrected chi connectivity index (χ3v) is 8.27. The molecule has 0 unspecified atom stereocenters. The average Bonchev–Trinajstić information content (AvgIpc) is 2.59. The standard InChI is InChI=1S/C22H34O4/c1-5-15(13-23)22(4)11-9-19-18(20(22)25)7-6-16-12-17(26-14(2)24)8-10-21(16,19)3/h13,15-19H,5-12H2,1-4H3/t15-,16+,17-,18+,19-,21-,22+/m0/s1. The molecule has 0 aromatic rings. The number of esters is 1. The Morgan fingerprint density at radius 1 is 1.23 bits per heavy atom. The maximum Gasteiger partial charge on any atom is 0.302 e. The lowest BCUT2D eigenvalue weighted by atomic mass is 9.46. The molecule has 3 fully saturated rings. The number of carbonyl (C=O) groups excluding carboxylic acids is 3. The van der Waals surface area contributed by atoms with Crippen LogP contribution in [0.4, 0.5) is 0 Å². The average molecular weight is 363 g/mol. The van der Waals surface area contributed by atoms with E-state index in [-0.39, 0.29) is 29.3 Å². The van der Waals surface area contributed by atoms with Crippen LogP contribution in [0.5, 0.6) is 0 Å². The molecule has 26 heavy (non-hydrogen) atoms. The van der Waals surface area contributed by atoms with Crippen molar-refractivity contribution < 1.29 is 19.1 Å². The first kappa shape index (κ1) is 19.6. The van der Waals surface area contributed by atoms with Crippen molar-refractivity contribution in [3.05, 3.63) is 0 Å². The first-order valence-corrected chi connectivity index (χ1v) is 10.4. The zero-order valence-corrected chi connectivity index (χ0v) is 16.8. The van der Waals surface area contributed by atoms with E-state index in [0.29, 0.717) is 17.6 Å². The lowest BCUT2D eigenvalue weighted by Crippen LogP contribution is -2.56. The second-order valence-corrected chi connectivity index (χ2v) is 9.47. The zero-order chi connectivity index (χ0) is 19.1. The van der Waals surface area contributed by atoms with Crippen LogP contribution in [-0.4, -0.2) is 24.1 Å². The summed E-state index contributed by atoms with van der Waals surface area (Å²) in [6.45, 7) is 7.90. The highest BCUT2D eigenvalue weighted by atomic mass is 16.5. The van der Waals surface area contributed by atoms with E-state index in [0.717, 1.165) is 57.7 Å². The minimum absolute atomic E-state index is 0.0474. The van der Waals surface area contributed by atoms with Crippen molar-refractivity contribution in [1.29, 1.82) is 0 Å². The molecule has 7 atom stereocenters. The smallest absolute Gasteiger partial charge is 0.302 e. The van der Waals surface area contributed by atoms with Crippen LogP contribution < -0.4 is 0 Å². The summed E-state index contributed by atoms with van der Waals surface area (Å²) in [6.07, 6.45) is 8.53. The molecule has 0 aromatic heterocycles. The fourth-order valence-electron chi connectivity index (χ4n) is 6.61. The van der Waals surface area contributed by atoms with Crippen molar-refractivity contribution in [3.8, 4) is 0 Å². The number of ketones is 1. The maximum absolute atomic E-state index is 13.4. The lowest BCUT2D eigenvalue weighted by Gasteiger charge is -2.58. The fourth-order valence-corrected chi connectivity index (χ4v) is 6.61. The van der Waals surface area contributed by atoms with Gasteiger partial charge in [-0.15, -0.1) is 0 Å². The fraction of sp³-hybridized carbons (Fsp3) is 0.864. The summed E-state index contributed by atoms with van der Waals surface area (Å²) in [4.78, 5) is 36.3. The molecule has 0 N–H and O–H groups in total. The molecule has 4 heteroatoms. The summed E-state index contributed by atoms with van der Waals surface area (Å²) in [6, 6.07) is 0. The molecule has 3 aliphatic carbocycles. The minimum Gasteiger partial charge on any atom is -0.463 e. The molecular formula is C22H34O4. The first-order valence-electron chi connectivity index (χ1n) is 10.4. The Balaban J connectivity index is 1.79. The molecule has 146 valence electrons. The van der Waals surface area contributed by atoms with E-state index in [1.54, 1.807) is 0 Å².